The normalized spacial score (nSPS) is 26.0. The SMILES string of the molecule is CC(C)(C)[Si](OC[C@H]1CO[C@]2(NC(N)=O)C[C@H]12)(c1ccccc1)c1ccccc1. The van der Waals surface area contributed by atoms with Crippen LogP contribution in [0, 0.1) is 11.8 Å². The predicted molar refractivity (Wildman–Crippen MR) is 117 cm³/mol. The van der Waals surface area contributed by atoms with Crippen LogP contribution in [-0.2, 0) is 9.16 Å². The molecule has 5 nitrogen and oxygen atoms in total. The van der Waals surface area contributed by atoms with E-state index in [4.69, 9.17) is 14.9 Å². The number of amides is 2. The Kier molecular flexibility index (Phi) is 5.05. The lowest BCUT2D eigenvalue weighted by atomic mass is 10.1. The van der Waals surface area contributed by atoms with Crippen LogP contribution in [0.2, 0.25) is 5.04 Å². The molecule has 1 aliphatic carbocycles. The van der Waals surface area contributed by atoms with Crippen LogP contribution < -0.4 is 21.4 Å². The Morgan fingerprint density at radius 3 is 2.14 bits per heavy atom. The van der Waals surface area contributed by atoms with Crippen LogP contribution in [0.15, 0.2) is 60.7 Å². The topological polar surface area (TPSA) is 73.6 Å². The third kappa shape index (κ3) is 3.50. The number of fused-ring (bicyclic) bond motifs is 1. The summed E-state index contributed by atoms with van der Waals surface area (Å²) in [5.74, 6) is 0.525. The zero-order chi connectivity index (χ0) is 20.7. The fourth-order valence-electron chi connectivity index (χ4n) is 4.90. The van der Waals surface area contributed by atoms with Gasteiger partial charge in [-0.3, -0.25) is 0 Å². The number of hydrogen-bond donors (Lipinski definition) is 2. The standard InChI is InChI=1S/C23H30N2O3Si/c1-22(2,3)29(18-10-6-4-7-11-18,19-12-8-5-9-13-19)28-16-17-15-27-23(14-20(17)23)25-21(24)26/h4-13,17,20H,14-16H2,1-3H3,(H3,24,25,26)/t17-,20-,23-/m1/s1. The van der Waals surface area contributed by atoms with Gasteiger partial charge in [0.05, 0.1) is 6.61 Å². The predicted octanol–water partition coefficient (Wildman–Crippen LogP) is 2.59. The van der Waals surface area contributed by atoms with Crippen LogP contribution in [0.25, 0.3) is 0 Å². The summed E-state index contributed by atoms with van der Waals surface area (Å²) in [5, 5.41) is 5.28. The molecule has 0 aromatic heterocycles. The monoisotopic (exact) mass is 410 g/mol. The van der Waals surface area contributed by atoms with Crippen LogP contribution in [0.5, 0.6) is 0 Å². The fourth-order valence-corrected chi connectivity index (χ4v) is 9.52. The molecule has 2 aliphatic rings. The zero-order valence-corrected chi connectivity index (χ0v) is 18.4. The third-order valence-corrected chi connectivity index (χ3v) is 11.4. The van der Waals surface area contributed by atoms with E-state index >= 15 is 0 Å². The van der Waals surface area contributed by atoms with Crippen molar-refractivity contribution < 1.29 is 14.0 Å². The Bertz CT molecular complexity index is 829. The molecule has 6 heteroatoms. The van der Waals surface area contributed by atoms with Gasteiger partial charge in [0.15, 0.2) is 0 Å². The molecule has 2 fully saturated rings. The van der Waals surface area contributed by atoms with Crippen molar-refractivity contribution in [1.82, 2.24) is 5.32 Å². The molecule has 0 radical (unpaired) electrons. The van der Waals surface area contributed by atoms with Gasteiger partial charge in [-0.1, -0.05) is 81.4 Å². The molecule has 29 heavy (non-hydrogen) atoms. The molecule has 2 aromatic rings. The number of benzene rings is 2. The molecule has 0 bridgehead atoms. The van der Waals surface area contributed by atoms with Crippen LogP contribution in [-0.4, -0.2) is 33.3 Å². The number of carbonyl (C=O) groups excluding carboxylic acids is 1. The highest BCUT2D eigenvalue weighted by Gasteiger charge is 2.65. The van der Waals surface area contributed by atoms with Crippen molar-refractivity contribution in [3.8, 4) is 0 Å². The number of ether oxygens (including phenoxy) is 1. The summed E-state index contributed by atoms with van der Waals surface area (Å²) in [7, 11) is -2.55. The zero-order valence-electron chi connectivity index (χ0n) is 17.4. The van der Waals surface area contributed by atoms with E-state index < -0.39 is 20.1 Å². The lowest BCUT2D eigenvalue weighted by Gasteiger charge is -2.43. The number of rotatable bonds is 6. The number of urea groups is 1. The first kappa shape index (κ1) is 20.1. The van der Waals surface area contributed by atoms with E-state index in [2.05, 4.69) is 86.8 Å². The number of carbonyl (C=O) groups is 1. The maximum absolute atomic E-state index is 11.3. The number of nitrogens with two attached hydrogens (primary N) is 1. The minimum atomic E-state index is -2.55. The molecule has 1 saturated heterocycles. The summed E-state index contributed by atoms with van der Waals surface area (Å²) in [5.41, 5.74) is 4.76. The van der Waals surface area contributed by atoms with Crippen molar-refractivity contribution in [2.24, 2.45) is 17.6 Å². The highest BCUT2D eigenvalue weighted by atomic mass is 28.4. The minimum Gasteiger partial charge on any atom is -0.407 e. The van der Waals surface area contributed by atoms with Gasteiger partial charge in [0.2, 0.25) is 0 Å². The first-order valence-electron chi connectivity index (χ1n) is 10.3. The number of hydrogen-bond acceptors (Lipinski definition) is 3. The van der Waals surface area contributed by atoms with Crippen LogP contribution in [0.4, 0.5) is 4.79 Å². The van der Waals surface area contributed by atoms with Crippen molar-refractivity contribution in [2.45, 2.75) is 38.0 Å². The van der Waals surface area contributed by atoms with Crippen molar-refractivity contribution in [3.05, 3.63) is 60.7 Å². The van der Waals surface area contributed by atoms with Gasteiger partial charge in [-0.2, -0.15) is 0 Å². The van der Waals surface area contributed by atoms with Crippen molar-refractivity contribution in [1.29, 1.82) is 0 Å². The van der Waals surface area contributed by atoms with Gasteiger partial charge in [0.1, 0.15) is 5.72 Å². The maximum Gasteiger partial charge on any atom is 0.314 e. The third-order valence-electron chi connectivity index (χ3n) is 6.35. The molecular weight excluding hydrogens is 380 g/mol. The van der Waals surface area contributed by atoms with Crippen LogP contribution in [0.3, 0.4) is 0 Å². The second-order valence-corrected chi connectivity index (χ2v) is 13.5. The van der Waals surface area contributed by atoms with Gasteiger partial charge in [-0.25, -0.2) is 4.79 Å². The number of primary amides is 1. The van der Waals surface area contributed by atoms with Gasteiger partial charge in [0, 0.05) is 24.9 Å². The molecule has 1 aliphatic heterocycles. The smallest absolute Gasteiger partial charge is 0.314 e. The molecule has 0 unspecified atom stereocenters. The van der Waals surface area contributed by atoms with E-state index in [9.17, 15) is 4.79 Å². The van der Waals surface area contributed by atoms with Crippen LogP contribution >= 0.6 is 0 Å². The van der Waals surface area contributed by atoms with E-state index in [-0.39, 0.29) is 16.9 Å². The van der Waals surface area contributed by atoms with Gasteiger partial charge in [0.25, 0.3) is 8.32 Å². The molecule has 2 amide bonds. The molecule has 154 valence electrons. The summed E-state index contributed by atoms with van der Waals surface area (Å²) in [6.45, 7) is 8.03. The van der Waals surface area contributed by atoms with Crippen molar-refractivity contribution in [3.63, 3.8) is 0 Å². The summed E-state index contributed by atoms with van der Waals surface area (Å²) >= 11 is 0. The second kappa shape index (κ2) is 7.27. The van der Waals surface area contributed by atoms with E-state index in [1.807, 2.05) is 0 Å². The fraction of sp³-hybridized carbons (Fsp3) is 0.435. The summed E-state index contributed by atoms with van der Waals surface area (Å²) in [6, 6.07) is 20.8. The highest BCUT2D eigenvalue weighted by Crippen LogP contribution is 2.55. The molecule has 1 heterocycles. The quantitative estimate of drug-likeness (QED) is 0.719. The molecule has 4 rings (SSSR count). The van der Waals surface area contributed by atoms with Crippen LogP contribution in [0.1, 0.15) is 27.2 Å². The molecule has 0 spiro atoms. The van der Waals surface area contributed by atoms with E-state index in [0.29, 0.717) is 13.2 Å². The summed E-state index contributed by atoms with van der Waals surface area (Å²) < 4.78 is 12.9. The highest BCUT2D eigenvalue weighted by molar-refractivity contribution is 6.99. The lowest BCUT2D eigenvalue weighted by molar-refractivity contribution is 0.0380. The Labute approximate surface area is 173 Å². The maximum atomic E-state index is 11.3. The van der Waals surface area contributed by atoms with Crippen molar-refractivity contribution >= 4 is 24.7 Å². The van der Waals surface area contributed by atoms with E-state index in [0.717, 1.165) is 6.42 Å². The average molecular weight is 411 g/mol. The molecular formula is C23H30N2O3Si. The molecule has 1 saturated carbocycles. The first-order valence-corrected chi connectivity index (χ1v) is 12.2. The van der Waals surface area contributed by atoms with Gasteiger partial charge < -0.3 is 20.2 Å². The number of nitrogens with one attached hydrogen (secondary N) is 1. The first-order chi connectivity index (χ1) is 13.8. The lowest BCUT2D eigenvalue weighted by Crippen LogP contribution is -2.67. The Morgan fingerprint density at radius 1 is 1.14 bits per heavy atom. The van der Waals surface area contributed by atoms with Crippen molar-refractivity contribution in [2.75, 3.05) is 13.2 Å². The van der Waals surface area contributed by atoms with Gasteiger partial charge in [-0.05, 0) is 15.4 Å². The largest absolute Gasteiger partial charge is 0.407 e. The Balaban J connectivity index is 1.65. The van der Waals surface area contributed by atoms with Gasteiger partial charge >= 0.3 is 6.03 Å². The summed E-state index contributed by atoms with van der Waals surface area (Å²) in [6.07, 6.45) is 0.810. The van der Waals surface area contributed by atoms with E-state index in [1.165, 1.54) is 10.4 Å². The molecule has 3 N–H and O–H groups in total. The average Bonchev–Trinajstić information content (AvgIpc) is 3.28. The van der Waals surface area contributed by atoms with Gasteiger partial charge in [-0.15, -0.1) is 0 Å². The minimum absolute atomic E-state index is 0.0543. The Hall–Kier alpha value is -2.15. The Morgan fingerprint density at radius 2 is 1.69 bits per heavy atom. The van der Waals surface area contributed by atoms with E-state index in [1.54, 1.807) is 0 Å². The molecule has 2 aromatic carbocycles. The summed E-state index contributed by atoms with van der Waals surface area (Å²) in [4.78, 5) is 11.3. The second-order valence-electron chi connectivity index (χ2n) is 9.23. The molecule has 3 atom stereocenters.